The molecule has 1 aliphatic rings. The van der Waals surface area contributed by atoms with E-state index >= 15 is 0 Å². The van der Waals surface area contributed by atoms with E-state index < -0.39 is 27.6 Å². The van der Waals surface area contributed by atoms with Crippen LogP contribution in [0.2, 0.25) is 0 Å². The van der Waals surface area contributed by atoms with Gasteiger partial charge in [-0.05, 0) is 26.2 Å². The van der Waals surface area contributed by atoms with Gasteiger partial charge in [0.2, 0.25) is 5.60 Å². The van der Waals surface area contributed by atoms with Crippen LogP contribution in [0, 0.1) is 5.92 Å². The Bertz CT molecular complexity index is 300. The minimum atomic E-state index is -4.51. The molecule has 2 nitrogen and oxygen atoms in total. The molecule has 1 saturated carbocycles. The summed E-state index contributed by atoms with van der Waals surface area (Å²) in [6.07, 6.45) is -1.55. The monoisotopic (exact) mass is 378 g/mol. The van der Waals surface area contributed by atoms with Gasteiger partial charge < -0.3 is 4.74 Å². The zero-order chi connectivity index (χ0) is 14.0. The Morgan fingerprint density at radius 1 is 1.39 bits per heavy atom. The molecule has 0 N–H and O–H groups in total. The van der Waals surface area contributed by atoms with Gasteiger partial charge in [-0.3, -0.25) is 4.79 Å². The number of hydrogen-bond acceptors (Lipinski definition) is 2. The van der Waals surface area contributed by atoms with E-state index in [-0.39, 0.29) is 0 Å². The van der Waals surface area contributed by atoms with E-state index in [0.29, 0.717) is 19.3 Å². The average molecular weight is 378 g/mol. The van der Waals surface area contributed by atoms with Crippen molar-refractivity contribution in [3.05, 3.63) is 0 Å². The van der Waals surface area contributed by atoms with Crippen LogP contribution in [0.1, 0.15) is 46.0 Å². The highest BCUT2D eigenvalue weighted by atomic mass is 127. The molecule has 1 fully saturated rings. The largest absolute Gasteiger partial charge is 0.449 e. The summed E-state index contributed by atoms with van der Waals surface area (Å²) in [5.41, 5.74) is -2.33. The smallest absolute Gasteiger partial charge is 0.428 e. The number of alkyl halides is 4. The lowest BCUT2D eigenvalue weighted by Gasteiger charge is -2.37. The van der Waals surface area contributed by atoms with Crippen LogP contribution < -0.4 is 0 Å². The maximum atomic E-state index is 13.2. The van der Waals surface area contributed by atoms with Gasteiger partial charge in [0.15, 0.2) is 0 Å². The van der Waals surface area contributed by atoms with Crippen LogP contribution in [-0.2, 0) is 9.53 Å². The highest BCUT2D eigenvalue weighted by Gasteiger charge is 2.59. The van der Waals surface area contributed by atoms with Crippen LogP contribution in [-0.4, -0.2) is 21.7 Å². The molecule has 0 aromatic rings. The first-order valence-corrected chi connectivity index (χ1v) is 7.40. The van der Waals surface area contributed by atoms with Crippen LogP contribution in [0.3, 0.4) is 0 Å². The normalized spacial score (nSPS) is 22.6. The van der Waals surface area contributed by atoms with E-state index in [1.165, 1.54) is 0 Å². The SMILES string of the molecule is CCC(I)C(=O)OC(C)(C1CCCC1)C(F)(F)F. The second-order valence-corrected chi connectivity index (χ2v) is 6.39. The quantitative estimate of drug-likeness (QED) is 0.415. The highest BCUT2D eigenvalue weighted by Crippen LogP contribution is 2.46. The molecule has 0 amide bonds. The molecule has 0 aliphatic heterocycles. The van der Waals surface area contributed by atoms with E-state index in [2.05, 4.69) is 0 Å². The number of halogens is 4. The van der Waals surface area contributed by atoms with Crippen molar-refractivity contribution in [2.75, 3.05) is 0 Å². The first kappa shape index (κ1) is 16.0. The lowest BCUT2D eigenvalue weighted by Crippen LogP contribution is -2.52. The Morgan fingerprint density at radius 3 is 2.28 bits per heavy atom. The van der Waals surface area contributed by atoms with Gasteiger partial charge in [-0.1, -0.05) is 42.4 Å². The molecule has 0 spiro atoms. The summed E-state index contributed by atoms with van der Waals surface area (Å²) < 4.78 is 44.0. The second-order valence-electron chi connectivity index (χ2n) is 4.88. The number of ether oxygens (including phenoxy) is 1. The Hall–Kier alpha value is -0.0100. The van der Waals surface area contributed by atoms with E-state index in [4.69, 9.17) is 4.74 Å². The average Bonchev–Trinajstić information content (AvgIpc) is 2.79. The first-order valence-electron chi connectivity index (χ1n) is 6.16. The van der Waals surface area contributed by atoms with Crippen LogP contribution >= 0.6 is 22.6 Å². The zero-order valence-electron chi connectivity index (χ0n) is 10.5. The molecular weight excluding hydrogens is 360 g/mol. The summed E-state index contributed by atoms with van der Waals surface area (Å²) in [7, 11) is 0. The lowest BCUT2D eigenvalue weighted by atomic mass is 9.86. The predicted octanol–water partition coefficient (Wildman–Crippen LogP) is 4.25. The van der Waals surface area contributed by atoms with Crippen LogP contribution in [0.5, 0.6) is 0 Å². The van der Waals surface area contributed by atoms with Crippen molar-refractivity contribution in [2.45, 2.75) is 61.7 Å². The summed E-state index contributed by atoms with van der Waals surface area (Å²) in [6.45, 7) is 2.76. The number of carbonyl (C=O) groups excluding carboxylic acids is 1. The predicted molar refractivity (Wildman–Crippen MR) is 70.6 cm³/mol. The molecule has 2 unspecified atom stereocenters. The van der Waals surface area contributed by atoms with Crippen molar-refractivity contribution in [3.63, 3.8) is 0 Å². The Balaban J connectivity index is 2.88. The van der Waals surface area contributed by atoms with Crippen molar-refractivity contribution in [3.8, 4) is 0 Å². The number of esters is 1. The summed E-state index contributed by atoms with van der Waals surface area (Å²) in [4.78, 5) is 11.7. The third-order valence-electron chi connectivity index (χ3n) is 3.62. The van der Waals surface area contributed by atoms with Gasteiger partial charge >= 0.3 is 12.1 Å². The van der Waals surface area contributed by atoms with Gasteiger partial charge in [-0.15, -0.1) is 0 Å². The van der Waals surface area contributed by atoms with E-state index in [1.54, 1.807) is 6.92 Å². The maximum absolute atomic E-state index is 13.2. The Morgan fingerprint density at radius 2 is 1.89 bits per heavy atom. The Kier molecular flexibility index (Phi) is 5.32. The third kappa shape index (κ3) is 3.30. The number of rotatable bonds is 4. The molecule has 0 aromatic heterocycles. The molecule has 0 radical (unpaired) electrons. The van der Waals surface area contributed by atoms with Gasteiger partial charge in [0.25, 0.3) is 0 Å². The van der Waals surface area contributed by atoms with E-state index in [9.17, 15) is 18.0 Å². The minimum absolute atomic E-state index is 0.470. The fraction of sp³-hybridized carbons (Fsp3) is 0.917. The highest BCUT2D eigenvalue weighted by molar-refractivity contribution is 14.1. The van der Waals surface area contributed by atoms with Crippen molar-refractivity contribution in [1.29, 1.82) is 0 Å². The standard InChI is InChI=1S/C12H18F3IO2/c1-3-9(16)10(17)18-11(2,12(13,14)15)8-6-4-5-7-8/h8-9H,3-7H2,1-2H3. The van der Waals surface area contributed by atoms with Gasteiger partial charge in [0.1, 0.15) is 3.92 Å². The lowest BCUT2D eigenvalue weighted by molar-refractivity contribution is -0.280. The molecule has 106 valence electrons. The van der Waals surface area contributed by atoms with Gasteiger partial charge in [-0.25, -0.2) is 0 Å². The third-order valence-corrected chi connectivity index (χ3v) is 5.01. The summed E-state index contributed by atoms with van der Waals surface area (Å²) in [5.74, 6) is -1.37. The number of carbonyl (C=O) groups is 1. The molecular formula is C12H18F3IO2. The van der Waals surface area contributed by atoms with Crippen molar-refractivity contribution in [1.82, 2.24) is 0 Å². The van der Waals surface area contributed by atoms with Gasteiger partial charge in [0, 0.05) is 5.92 Å². The molecule has 1 rings (SSSR count). The molecule has 0 saturated heterocycles. The molecule has 1 aliphatic carbocycles. The molecule has 0 heterocycles. The molecule has 2 atom stereocenters. The van der Waals surface area contributed by atoms with Gasteiger partial charge in [-0.2, -0.15) is 13.2 Å². The molecule has 0 bridgehead atoms. The molecule has 18 heavy (non-hydrogen) atoms. The first-order chi connectivity index (χ1) is 8.22. The molecule has 6 heteroatoms. The second kappa shape index (κ2) is 5.96. The van der Waals surface area contributed by atoms with Gasteiger partial charge in [0.05, 0.1) is 0 Å². The van der Waals surface area contributed by atoms with E-state index in [0.717, 1.165) is 19.8 Å². The fourth-order valence-corrected chi connectivity index (χ4v) is 2.42. The summed E-state index contributed by atoms with van der Waals surface area (Å²) >= 11 is 1.82. The summed E-state index contributed by atoms with van der Waals surface area (Å²) in [6, 6.07) is 0. The van der Waals surface area contributed by atoms with Crippen LogP contribution in [0.4, 0.5) is 13.2 Å². The van der Waals surface area contributed by atoms with Crippen LogP contribution in [0.15, 0.2) is 0 Å². The van der Waals surface area contributed by atoms with Crippen molar-refractivity contribution < 1.29 is 22.7 Å². The fourth-order valence-electron chi connectivity index (χ4n) is 2.29. The van der Waals surface area contributed by atoms with E-state index in [1.807, 2.05) is 22.6 Å². The topological polar surface area (TPSA) is 26.3 Å². The minimum Gasteiger partial charge on any atom is -0.449 e. The zero-order valence-corrected chi connectivity index (χ0v) is 12.7. The van der Waals surface area contributed by atoms with Crippen molar-refractivity contribution >= 4 is 28.6 Å². The van der Waals surface area contributed by atoms with Crippen LogP contribution in [0.25, 0.3) is 0 Å². The molecule has 0 aromatic carbocycles. The van der Waals surface area contributed by atoms with Crippen molar-refractivity contribution in [2.24, 2.45) is 5.92 Å². The summed E-state index contributed by atoms with van der Waals surface area (Å²) in [5, 5.41) is 0. The number of hydrogen-bond donors (Lipinski definition) is 0. The Labute approximate surface area is 119 Å². The maximum Gasteiger partial charge on any atom is 0.428 e.